The topological polar surface area (TPSA) is 90.5 Å². The third-order valence-corrected chi connectivity index (χ3v) is 4.84. The summed E-state index contributed by atoms with van der Waals surface area (Å²) in [4.78, 5) is 29.3. The minimum Gasteiger partial charge on any atom is -0.436 e. The normalized spacial score (nSPS) is 11.9. The molecule has 2 heterocycles. The van der Waals surface area contributed by atoms with Crippen molar-refractivity contribution in [2.24, 2.45) is 0 Å². The molecule has 0 aliphatic carbocycles. The van der Waals surface area contributed by atoms with Gasteiger partial charge < -0.3 is 10.1 Å². The number of aryl methyl sites for hydroxylation is 1. The lowest BCUT2D eigenvalue weighted by Gasteiger charge is -2.13. The van der Waals surface area contributed by atoms with Crippen LogP contribution in [0.3, 0.4) is 0 Å². The summed E-state index contributed by atoms with van der Waals surface area (Å²) in [7, 11) is 0. The van der Waals surface area contributed by atoms with Crippen molar-refractivity contribution < 1.29 is 9.53 Å². The molecule has 158 valence electrons. The minimum absolute atomic E-state index is 0.0286. The van der Waals surface area contributed by atoms with Crippen LogP contribution in [0.1, 0.15) is 18.9 Å². The summed E-state index contributed by atoms with van der Waals surface area (Å²) in [6.07, 6.45) is 4.63. The molecule has 0 spiro atoms. The molecule has 8 heteroatoms. The van der Waals surface area contributed by atoms with Crippen LogP contribution in [0.25, 0.3) is 5.65 Å². The zero-order valence-corrected chi connectivity index (χ0v) is 17.1. The van der Waals surface area contributed by atoms with Gasteiger partial charge in [0.2, 0.25) is 11.6 Å². The van der Waals surface area contributed by atoms with E-state index in [4.69, 9.17) is 4.74 Å². The lowest BCUT2D eigenvalue weighted by Crippen LogP contribution is -2.37. The Bertz CT molecular complexity index is 1220. The van der Waals surface area contributed by atoms with Crippen molar-refractivity contribution in [3.8, 4) is 11.6 Å². The Morgan fingerprint density at radius 1 is 1.10 bits per heavy atom. The summed E-state index contributed by atoms with van der Waals surface area (Å²) in [5, 5.41) is 7.20. The number of aromatic nitrogens is 4. The molecule has 2 aromatic carbocycles. The number of para-hydroxylation sites is 1. The second kappa shape index (κ2) is 9.25. The summed E-state index contributed by atoms with van der Waals surface area (Å²) >= 11 is 0. The van der Waals surface area contributed by atoms with E-state index in [2.05, 4.69) is 27.5 Å². The molecule has 4 rings (SSSR count). The van der Waals surface area contributed by atoms with Crippen LogP contribution < -0.4 is 15.7 Å². The highest BCUT2D eigenvalue weighted by Gasteiger charge is 2.16. The summed E-state index contributed by atoms with van der Waals surface area (Å²) < 4.78 is 8.19. The van der Waals surface area contributed by atoms with E-state index in [9.17, 15) is 9.59 Å². The molecule has 31 heavy (non-hydrogen) atoms. The Balaban J connectivity index is 1.43. The molecule has 1 atom stereocenters. The van der Waals surface area contributed by atoms with E-state index in [0.29, 0.717) is 5.75 Å². The van der Waals surface area contributed by atoms with E-state index in [-0.39, 0.29) is 30.0 Å². The predicted octanol–water partition coefficient (Wildman–Crippen LogP) is 2.82. The molecule has 0 bridgehead atoms. The molecule has 1 amide bonds. The number of nitrogens with zero attached hydrogens (tertiary/aromatic N) is 4. The number of ether oxygens (including phenoxy) is 1. The molecular formula is C23H23N5O3. The van der Waals surface area contributed by atoms with Crippen molar-refractivity contribution in [1.82, 2.24) is 24.5 Å². The van der Waals surface area contributed by atoms with Crippen molar-refractivity contribution in [3.05, 3.63) is 89.1 Å². The second-order valence-electron chi connectivity index (χ2n) is 7.27. The highest BCUT2D eigenvalue weighted by atomic mass is 16.5. The van der Waals surface area contributed by atoms with E-state index < -0.39 is 5.69 Å². The highest BCUT2D eigenvalue weighted by molar-refractivity contribution is 5.76. The standard InChI is InChI=1S/C23H23N5O3/c1-17(12-13-18-8-4-2-5-9-18)25-20(29)16-28-23(30)27-15-14-24-22(21(27)26-28)31-19-10-6-3-7-11-19/h2-11,14-15,17H,12-13,16H2,1H3,(H,25,29)/t17-/m0/s1. The molecule has 0 aliphatic rings. The molecule has 0 aliphatic heterocycles. The average Bonchev–Trinajstić information content (AvgIpc) is 3.10. The summed E-state index contributed by atoms with van der Waals surface area (Å²) in [5.41, 5.74) is 1.04. The number of hydrogen-bond acceptors (Lipinski definition) is 5. The number of carbonyl (C=O) groups is 1. The van der Waals surface area contributed by atoms with Gasteiger partial charge in [0.25, 0.3) is 5.88 Å². The maximum Gasteiger partial charge on any atom is 0.351 e. The number of benzene rings is 2. The SMILES string of the molecule is C[C@@H](CCc1ccccc1)NC(=O)Cn1nc2c(Oc3ccccc3)nccn2c1=O. The van der Waals surface area contributed by atoms with Crippen LogP contribution in [0.4, 0.5) is 0 Å². The predicted molar refractivity (Wildman–Crippen MR) is 116 cm³/mol. The summed E-state index contributed by atoms with van der Waals surface area (Å²) in [5.74, 6) is 0.501. The van der Waals surface area contributed by atoms with Crippen LogP contribution >= 0.6 is 0 Å². The van der Waals surface area contributed by atoms with Gasteiger partial charge in [0.05, 0.1) is 0 Å². The first-order valence-electron chi connectivity index (χ1n) is 10.1. The molecule has 4 aromatic rings. The fourth-order valence-corrected chi connectivity index (χ4v) is 3.26. The lowest BCUT2D eigenvalue weighted by molar-refractivity contribution is -0.122. The van der Waals surface area contributed by atoms with Gasteiger partial charge >= 0.3 is 5.69 Å². The van der Waals surface area contributed by atoms with Crippen LogP contribution in [0.2, 0.25) is 0 Å². The molecule has 0 saturated carbocycles. The van der Waals surface area contributed by atoms with Gasteiger partial charge in [0, 0.05) is 18.4 Å². The van der Waals surface area contributed by atoms with Gasteiger partial charge in [0.15, 0.2) is 0 Å². The van der Waals surface area contributed by atoms with Gasteiger partial charge in [-0.05, 0) is 37.5 Å². The van der Waals surface area contributed by atoms with Gasteiger partial charge in [-0.15, -0.1) is 5.10 Å². The quantitative estimate of drug-likeness (QED) is 0.476. The van der Waals surface area contributed by atoms with E-state index in [0.717, 1.165) is 17.5 Å². The fourth-order valence-electron chi connectivity index (χ4n) is 3.26. The van der Waals surface area contributed by atoms with Gasteiger partial charge in [0.1, 0.15) is 12.3 Å². The maximum atomic E-state index is 12.7. The minimum atomic E-state index is -0.428. The lowest BCUT2D eigenvalue weighted by atomic mass is 10.1. The van der Waals surface area contributed by atoms with Gasteiger partial charge in [-0.2, -0.15) is 0 Å². The largest absolute Gasteiger partial charge is 0.436 e. The van der Waals surface area contributed by atoms with Crippen LogP contribution in [0, 0.1) is 0 Å². The van der Waals surface area contributed by atoms with Crippen LogP contribution in [0.5, 0.6) is 11.6 Å². The molecule has 0 fully saturated rings. The third-order valence-electron chi connectivity index (χ3n) is 4.84. The Kier molecular flexibility index (Phi) is 6.07. The first kappa shape index (κ1) is 20.3. The second-order valence-corrected chi connectivity index (χ2v) is 7.27. The average molecular weight is 417 g/mol. The highest BCUT2D eigenvalue weighted by Crippen LogP contribution is 2.21. The number of rotatable bonds is 8. The Morgan fingerprint density at radius 3 is 2.55 bits per heavy atom. The monoisotopic (exact) mass is 417 g/mol. The van der Waals surface area contributed by atoms with Gasteiger partial charge in [-0.1, -0.05) is 48.5 Å². The van der Waals surface area contributed by atoms with Crippen LogP contribution in [-0.2, 0) is 17.8 Å². The van der Waals surface area contributed by atoms with Crippen molar-refractivity contribution in [3.63, 3.8) is 0 Å². The van der Waals surface area contributed by atoms with E-state index in [1.54, 1.807) is 12.1 Å². The van der Waals surface area contributed by atoms with Gasteiger partial charge in [-0.25, -0.2) is 18.9 Å². The Morgan fingerprint density at radius 2 is 1.81 bits per heavy atom. The zero-order chi connectivity index (χ0) is 21.6. The Hall–Kier alpha value is -3.94. The van der Waals surface area contributed by atoms with E-state index >= 15 is 0 Å². The first-order valence-corrected chi connectivity index (χ1v) is 10.1. The number of carbonyl (C=O) groups excluding carboxylic acids is 1. The van der Waals surface area contributed by atoms with Crippen molar-refractivity contribution in [2.75, 3.05) is 0 Å². The molecule has 8 nitrogen and oxygen atoms in total. The smallest absolute Gasteiger partial charge is 0.351 e. The summed E-state index contributed by atoms with van der Waals surface area (Å²) in [6, 6.07) is 19.2. The van der Waals surface area contributed by atoms with E-state index in [1.165, 1.54) is 22.4 Å². The molecule has 2 aromatic heterocycles. The Labute approximate surface area is 179 Å². The van der Waals surface area contributed by atoms with Crippen LogP contribution in [-0.4, -0.2) is 31.1 Å². The van der Waals surface area contributed by atoms with Crippen molar-refractivity contribution >= 4 is 11.6 Å². The van der Waals surface area contributed by atoms with Crippen molar-refractivity contribution in [1.29, 1.82) is 0 Å². The number of fused-ring (bicyclic) bond motifs is 1. The zero-order valence-electron chi connectivity index (χ0n) is 17.1. The number of hydrogen-bond donors (Lipinski definition) is 1. The molecule has 0 unspecified atom stereocenters. The number of nitrogens with one attached hydrogen (secondary N) is 1. The van der Waals surface area contributed by atoms with Crippen LogP contribution in [0.15, 0.2) is 77.9 Å². The van der Waals surface area contributed by atoms with Gasteiger partial charge in [-0.3, -0.25) is 4.79 Å². The molecule has 1 N–H and O–H groups in total. The third kappa shape index (κ3) is 4.98. The van der Waals surface area contributed by atoms with E-state index in [1.807, 2.05) is 43.3 Å². The maximum absolute atomic E-state index is 12.7. The first-order chi connectivity index (χ1) is 15.1. The fraction of sp³-hybridized carbons (Fsp3) is 0.217. The molecule has 0 radical (unpaired) electrons. The summed E-state index contributed by atoms with van der Waals surface area (Å²) in [6.45, 7) is 1.77. The molecular weight excluding hydrogens is 394 g/mol. The molecule has 0 saturated heterocycles. The van der Waals surface area contributed by atoms with Crippen molar-refractivity contribution in [2.45, 2.75) is 32.4 Å². The number of amides is 1.